The molecule has 6 heteroatoms. The van der Waals surface area contributed by atoms with E-state index in [0.717, 1.165) is 32.8 Å². The van der Waals surface area contributed by atoms with Crippen molar-refractivity contribution in [3.8, 4) is 0 Å². The second-order valence-electron chi connectivity index (χ2n) is 4.23. The Bertz CT molecular complexity index is 409. The van der Waals surface area contributed by atoms with Gasteiger partial charge in [0, 0.05) is 26.1 Å². The number of nitrogens with zero attached hydrogens (tertiary/aromatic N) is 1. The molecule has 106 valence electrons. The lowest BCUT2D eigenvalue weighted by atomic mass is 10.3. The molecule has 1 saturated heterocycles. The molecule has 1 amide bonds. The number of halogens is 2. The molecule has 0 bridgehead atoms. The van der Waals surface area contributed by atoms with Gasteiger partial charge in [0.2, 0.25) is 5.91 Å². The van der Waals surface area contributed by atoms with Crippen LogP contribution in [0.5, 0.6) is 0 Å². The highest BCUT2D eigenvalue weighted by Gasteiger charge is 2.12. The molecule has 0 unspecified atom stereocenters. The van der Waals surface area contributed by atoms with Crippen LogP contribution in [-0.4, -0.2) is 43.7 Å². The Morgan fingerprint density at radius 1 is 1.32 bits per heavy atom. The van der Waals surface area contributed by atoms with Gasteiger partial charge in [0.1, 0.15) is 0 Å². The molecule has 0 aromatic heterocycles. The highest BCUT2D eigenvalue weighted by atomic mass is 35.5. The van der Waals surface area contributed by atoms with E-state index < -0.39 is 0 Å². The topological polar surface area (TPSA) is 41.6 Å². The Labute approximate surface area is 124 Å². The second-order valence-corrected chi connectivity index (χ2v) is 4.64. The summed E-state index contributed by atoms with van der Waals surface area (Å²) in [6, 6.07) is 7.25. The fraction of sp³-hybridized carbons (Fsp3) is 0.462. The smallest absolute Gasteiger partial charge is 0.225 e. The minimum absolute atomic E-state index is 0. The molecule has 1 heterocycles. The van der Waals surface area contributed by atoms with Gasteiger partial charge in [-0.15, -0.1) is 12.4 Å². The van der Waals surface area contributed by atoms with Crippen molar-refractivity contribution < 1.29 is 9.53 Å². The Morgan fingerprint density at radius 2 is 2.00 bits per heavy atom. The summed E-state index contributed by atoms with van der Waals surface area (Å²) in [6.07, 6.45) is 0.477. The molecule has 1 aliphatic rings. The first-order valence-electron chi connectivity index (χ1n) is 6.10. The van der Waals surface area contributed by atoms with Crippen molar-refractivity contribution in [2.45, 2.75) is 6.42 Å². The number of para-hydroxylation sites is 1. The van der Waals surface area contributed by atoms with E-state index in [1.165, 1.54) is 0 Å². The first-order valence-corrected chi connectivity index (χ1v) is 6.48. The van der Waals surface area contributed by atoms with Gasteiger partial charge in [-0.05, 0) is 12.1 Å². The van der Waals surface area contributed by atoms with Crippen molar-refractivity contribution in [1.29, 1.82) is 0 Å². The summed E-state index contributed by atoms with van der Waals surface area (Å²) in [5.41, 5.74) is 0.672. The van der Waals surface area contributed by atoms with Crippen molar-refractivity contribution in [1.82, 2.24) is 4.90 Å². The quantitative estimate of drug-likeness (QED) is 0.929. The summed E-state index contributed by atoms with van der Waals surface area (Å²) in [5, 5.41) is 3.39. The van der Waals surface area contributed by atoms with Crippen molar-refractivity contribution in [2.24, 2.45) is 0 Å². The molecule has 0 radical (unpaired) electrons. The van der Waals surface area contributed by atoms with Gasteiger partial charge in [-0.25, -0.2) is 0 Å². The molecular formula is C13H18Cl2N2O2. The summed E-state index contributed by atoms with van der Waals surface area (Å²) < 4.78 is 5.26. The van der Waals surface area contributed by atoms with Crippen LogP contribution in [0.2, 0.25) is 5.02 Å². The molecule has 1 fully saturated rings. The van der Waals surface area contributed by atoms with E-state index in [-0.39, 0.29) is 18.3 Å². The molecule has 4 nitrogen and oxygen atoms in total. The van der Waals surface area contributed by atoms with Crippen LogP contribution in [0.4, 0.5) is 5.69 Å². The summed E-state index contributed by atoms with van der Waals surface area (Å²) in [7, 11) is 0. The SMILES string of the molecule is Cl.O=C(CCN1CCOCC1)Nc1ccccc1Cl. The van der Waals surface area contributed by atoms with E-state index in [1.54, 1.807) is 12.1 Å². The van der Waals surface area contributed by atoms with Crippen LogP contribution >= 0.6 is 24.0 Å². The number of carbonyl (C=O) groups is 1. The third-order valence-corrected chi connectivity index (χ3v) is 3.24. The lowest BCUT2D eigenvalue weighted by Crippen LogP contribution is -2.38. The van der Waals surface area contributed by atoms with E-state index in [1.807, 2.05) is 12.1 Å². The minimum atomic E-state index is -0.00501. The van der Waals surface area contributed by atoms with Crippen molar-refractivity contribution in [2.75, 3.05) is 38.2 Å². The fourth-order valence-electron chi connectivity index (χ4n) is 1.86. The molecule has 1 aromatic rings. The molecule has 0 aliphatic carbocycles. The van der Waals surface area contributed by atoms with Crippen molar-refractivity contribution >= 4 is 35.6 Å². The van der Waals surface area contributed by atoms with Crippen LogP contribution < -0.4 is 5.32 Å². The average Bonchev–Trinajstić information content (AvgIpc) is 2.40. The molecule has 0 spiro atoms. The fourth-order valence-corrected chi connectivity index (χ4v) is 2.04. The van der Waals surface area contributed by atoms with E-state index in [2.05, 4.69) is 10.2 Å². The third kappa shape index (κ3) is 5.37. The number of ether oxygens (including phenoxy) is 1. The average molecular weight is 305 g/mol. The van der Waals surface area contributed by atoms with Gasteiger partial charge in [0.15, 0.2) is 0 Å². The van der Waals surface area contributed by atoms with Gasteiger partial charge in [0.05, 0.1) is 23.9 Å². The lowest BCUT2D eigenvalue weighted by molar-refractivity contribution is -0.116. The Balaban J connectivity index is 0.00000180. The van der Waals surface area contributed by atoms with E-state index in [9.17, 15) is 4.79 Å². The van der Waals surface area contributed by atoms with Crippen LogP contribution in [0, 0.1) is 0 Å². The minimum Gasteiger partial charge on any atom is -0.379 e. The van der Waals surface area contributed by atoms with Gasteiger partial charge in [-0.2, -0.15) is 0 Å². The molecule has 1 N–H and O–H groups in total. The Kier molecular flexibility index (Phi) is 7.16. The number of morpholine rings is 1. The zero-order valence-electron chi connectivity index (χ0n) is 10.6. The highest BCUT2D eigenvalue weighted by molar-refractivity contribution is 6.33. The number of hydrogen-bond acceptors (Lipinski definition) is 3. The van der Waals surface area contributed by atoms with Crippen LogP contribution in [-0.2, 0) is 9.53 Å². The number of rotatable bonds is 4. The normalized spacial score (nSPS) is 15.6. The van der Waals surface area contributed by atoms with Crippen LogP contribution in [0.3, 0.4) is 0 Å². The molecular weight excluding hydrogens is 287 g/mol. The zero-order chi connectivity index (χ0) is 12.8. The maximum atomic E-state index is 11.8. The standard InChI is InChI=1S/C13H17ClN2O2.ClH/c14-11-3-1-2-4-12(11)15-13(17)5-6-16-7-9-18-10-8-16;/h1-4H,5-10H2,(H,15,17);1H. The molecule has 0 saturated carbocycles. The number of benzene rings is 1. The van der Waals surface area contributed by atoms with Crippen molar-refractivity contribution in [3.63, 3.8) is 0 Å². The monoisotopic (exact) mass is 304 g/mol. The number of hydrogen-bond donors (Lipinski definition) is 1. The highest BCUT2D eigenvalue weighted by Crippen LogP contribution is 2.20. The van der Waals surface area contributed by atoms with E-state index in [4.69, 9.17) is 16.3 Å². The van der Waals surface area contributed by atoms with Crippen LogP contribution in [0.25, 0.3) is 0 Å². The Morgan fingerprint density at radius 3 is 2.68 bits per heavy atom. The first kappa shape index (κ1) is 16.2. The van der Waals surface area contributed by atoms with E-state index >= 15 is 0 Å². The van der Waals surface area contributed by atoms with Gasteiger partial charge >= 0.3 is 0 Å². The van der Waals surface area contributed by atoms with Gasteiger partial charge in [-0.1, -0.05) is 23.7 Å². The molecule has 1 aliphatic heterocycles. The number of nitrogens with one attached hydrogen (secondary N) is 1. The Hall–Kier alpha value is -0.810. The first-order chi connectivity index (χ1) is 8.75. The third-order valence-electron chi connectivity index (χ3n) is 2.91. The van der Waals surface area contributed by atoms with Gasteiger partial charge < -0.3 is 10.1 Å². The molecule has 1 aromatic carbocycles. The summed E-state index contributed by atoms with van der Waals surface area (Å²) in [4.78, 5) is 14.0. The molecule has 19 heavy (non-hydrogen) atoms. The number of anilines is 1. The largest absolute Gasteiger partial charge is 0.379 e. The summed E-state index contributed by atoms with van der Waals surface area (Å²) >= 11 is 5.98. The van der Waals surface area contributed by atoms with Gasteiger partial charge in [0.25, 0.3) is 0 Å². The number of amides is 1. The maximum absolute atomic E-state index is 11.8. The van der Waals surface area contributed by atoms with Gasteiger partial charge in [-0.3, -0.25) is 9.69 Å². The molecule has 0 atom stereocenters. The van der Waals surface area contributed by atoms with Crippen LogP contribution in [0.1, 0.15) is 6.42 Å². The van der Waals surface area contributed by atoms with Crippen molar-refractivity contribution in [3.05, 3.63) is 29.3 Å². The zero-order valence-corrected chi connectivity index (χ0v) is 12.2. The predicted molar refractivity (Wildman–Crippen MR) is 79.2 cm³/mol. The predicted octanol–water partition coefficient (Wildman–Crippen LogP) is 2.42. The summed E-state index contributed by atoms with van der Waals surface area (Å²) in [5.74, 6) is -0.00501. The van der Waals surface area contributed by atoms with E-state index in [0.29, 0.717) is 17.1 Å². The molecule has 2 rings (SSSR count). The van der Waals surface area contributed by atoms with Crippen LogP contribution in [0.15, 0.2) is 24.3 Å². The summed E-state index contributed by atoms with van der Waals surface area (Å²) in [6.45, 7) is 4.08. The number of carbonyl (C=O) groups excluding carboxylic acids is 1. The second kappa shape index (κ2) is 8.38. The lowest BCUT2D eigenvalue weighted by Gasteiger charge is -2.26. The maximum Gasteiger partial charge on any atom is 0.225 e.